The second kappa shape index (κ2) is 11.5. The summed E-state index contributed by atoms with van der Waals surface area (Å²) < 4.78 is 42.1. The Labute approximate surface area is 237 Å². The van der Waals surface area contributed by atoms with Gasteiger partial charge in [0.25, 0.3) is 5.92 Å². The maximum absolute atomic E-state index is 14.1. The molecule has 0 spiro atoms. The number of aromatic nitrogens is 2. The summed E-state index contributed by atoms with van der Waals surface area (Å²) in [5, 5.41) is 28.3. The molecule has 0 radical (unpaired) electrons. The Bertz CT molecular complexity index is 1560. The van der Waals surface area contributed by atoms with Gasteiger partial charge in [-0.25, -0.2) is 13.8 Å². The third-order valence-corrected chi connectivity index (χ3v) is 6.59. The first-order chi connectivity index (χ1) is 19.3. The molecule has 0 unspecified atom stereocenters. The fraction of sp³-hybridized carbons (Fsp3) is 0.379. The lowest BCUT2D eigenvalue weighted by molar-refractivity contribution is -0.0344. The smallest absolute Gasteiger partial charge is 0.266 e. The average molecular weight is 564 g/mol. The summed E-state index contributed by atoms with van der Waals surface area (Å²) in [5.41, 5.74) is 9.12. The van der Waals surface area contributed by atoms with Crippen molar-refractivity contribution in [1.29, 1.82) is 10.5 Å². The summed E-state index contributed by atoms with van der Waals surface area (Å²) >= 11 is 0. The van der Waals surface area contributed by atoms with Crippen molar-refractivity contribution < 1.29 is 13.2 Å². The highest BCUT2D eigenvalue weighted by Gasteiger charge is 2.32. The number of hydrogen-bond donors (Lipinski definition) is 4. The number of rotatable bonds is 9. The molecule has 1 aliphatic heterocycles. The fourth-order valence-electron chi connectivity index (χ4n) is 4.40. The minimum Gasteiger partial charge on any atom is -0.383 e. The molecule has 0 saturated carbocycles. The first-order valence-electron chi connectivity index (χ1n) is 13.1. The van der Waals surface area contributed by atoms with E-state index < -0.39 is 24.5 Å². The molecule has 0 amide bonds. The minimum absolute atomic E-state index is 0.0947. The number of nitrogens with zero attached hydrogens (tertiary/aromatic N) is 5. The molecule has 0 bridgehead atoms. The zero-order valence-corrected chi connectivity index (χ0v) is 23.5. The second-order valence-corrected chi connectivity index (χ2v) is 11.1. The standard InChI is InChI=1S/C29H32F3N9/c1-6-29(31,32)16-41-14-23(39-40-41)27(21-7-8-24(30)37-17(21)2)38-20-9-18(11-33)25-22(10-20)26(19(12-34)13-35-25)36-15-28(3,4)5/h7-10,13-14,27,38-40H,6,15-16H2,1-5H3,(H,35,36)/t27-/m0/s1. The Balaban J connectivity index is 1.82. The van der Waals surface area contributed by atoms with Crippen LogP contribution in [0.5, 0.6) is 0 Å². The molecule has 3 heterocycles. The molecular weight excluding hydrogens is 531 g/mol. The fourth-order valence-corrected chi connectivity index (χ4v) is 4.40. The first-order valence-corrected chi connectivity index (χ1v) is 13.1. The van der Waals surface area contributed by atoms with Gasteiger partial charge in [-0.2, -0.15) is 14.9 Å². The molecule has 4 rings (SSSR count). The Hall–Kier alpha value is -4.55. The van der Waals surface area contributed by atoms with Crippen LogP contribution in [0.4, 0.5) is 24.5 Å². The van der Waals surface area contributed by atoms with E-state index >= 15 is 0 Å². The van der Waals surface area contributed by atoms with Crippen molar-refractivity contribution in [3.63, 3.8) is 0 Å². The lowest BCUT2D eigenvalue weighted by atomic mass is 9.96. The lowest BCUT2D eigenvalue weighted by Crippen LogP contribution is -2.43. The molecule has 1 atom stereocenters. The Kier molecular flexibility index (Phi) is 8.27. The van der Waals surface area contributed by atoms with Crippen molar-refractivity contribution in [3.05, 3.63) is 70.7 Å². The van der Waals surface area contributed by atoms with Crippen molar-refractivity contribution in [2.75, 3.05) is 23.7 Å². The predicted molar refractivity (Wildman–Crippen MR) is 151 cm³/mol. The van der Waals surface area contributed by atoms with Gasteiger partial charge < -0.3 is 16.1 Å². The second-order valence-electron chi connectivity index (χ2n) is 11.1. The number of benzene rings is 1. The molecule has 3 aromatic rings. The molecule has 9 nitrogen and oxygen atoms in total. The van der Waals surface area contributed by atoms with E-state index in [-0.39, 0.29) is 17.4 Å². The SMILES string of the molecule is CCC(F)(F)CN1C=C([C@@H](Nc2cc(C#N)c3ncc(C#N)c(NCC(C)(C)C)c3c2)c2ccc(F)nc2C)NN1. The van der Waals surface area contributed by atoms with Gasteiger partial charge in [-0.05, 0) is 30.5 Å². The van der Waals surface area contributed by atoms with Gasteiger partial charge in [0, 0.05) is 47.7 Å². The van der Waals surface area contributed by atoms with E-state index in [4.69, 9.17) is 0 Å². The number of nitriles is 2. The molecule has 0 fully saturated rings. The number of anilines is 2. The molecule has 1 aromatic carbocycles. The van der Waals surface area contributed by atoms with Crippen molar-refractivity contribution in [2.24, 2.45) is 5.41 Å². The third-order valence-electron chi connectivity index (χ3n) is 6.59. The summed E-state index contributed by atoms with van der Waals surface area (Å²) in [5.74, 6) is -3.57. The highest BCUT2D eigenvalue weighted by molar-refractivity contribution is 5.99. The van der Waals surface area contributed by atoms with E-state index in [0.717, 1.165) is 0 Å². The van der Waals surface area contributed by atoms with Crippen molar-refractivity contribution in [2.45, 2.75) is 53.0 Å². The molecule has 0 aliphatic carbocycles. The van der Waals surface area contributed by atoms with Crippen molar-refractivity contribution in [3.8, 4) is 12.1 Å². The van der Waals surface area contributed by atoms with Gasteiger partial charge in [0.05, 0.1) is 40.6 Å². The van der Waals surface area contributed by atoms with E-state index in [1.807, 2.05) is 0 Å². The van der Waals surface area contributed by atoms with Crippen LogP contribution < -0.4 is 21.6 Å². The molecule has 214 valence electrons. The first kappa shape index (κ1) is 29.4. The minimum atomic E-state index is -2.92. The molecule has 1 aliphatic rings. The number of halogens is 3. The maximum atomic E-state index is 14.1. The Morgan fingerprint density at radius 3 is 2.49 bits per heavy atom. The summed E-state index contributed by atoms with van der Waals surface area (Å²) in [6.07, 6.45) is 2.63. The van der Waals surface area contributed by atoms with Gasteiger partial charge in [0.2, 0.25) is 5.95 Å². The molecule has 0 saturated heterocycles. The summed E-state index contributed by atoms with van der Waals surface area (Å²) in [6.45, 7) is 9.24. The van der Waals surface area contributed by atoms with Gasteiger partial charge in [-0.1, -0.05) is 33.8 Å². The van der Waals surface area contributed by atoms with Crippen LogP contribution in [0.2, 0.25) is 0 Å². The van der Waals surface area contributed by atoms with Crippen LogP contribution in [0, 0.1) is 40.9 Å². The Morgan fingerprint density at radius 1 is 1.12 bits per heavy atom. The largest absolute Gasteiger partial charge is 0.383 e. The highest BCUT2D eigenvalue weighted by atomic mass is 19.3. The summed E-state index contributed by atoms with van der Waals surface area (Å²) in [6, 6.07) is 9.84. The van der Waals surface area contributed by atoms with E-state index in [1.165, 1.54) is 30.4 Å². The summed E-state index contributed by atoms with van der Waals surface area (Å²) in [7, 11) is 0. The molecule has 2 aromatic heterocycles. The lowest BCUT2D eigenvalue weighted by Gasteiger charge is -2.24. The van der Waals surface area contributed by atoms with Crippen LogP contribution in [0.1, 0.15) is 62.5 Å². The number of nitrogens with one attached hydrogen (secondary N) is 4. The van der Waals surface area contributed by atoms with Crippen LogP contribution in [-0.2, 0) is 0 Å². The van der Waals surface area contributed by atoms with Crippen LogP contribution in [-0.4, -0.2) is 34.0 Å². The van der Waals surface area contributed by atoms with Crippen molar-refractivity contribution in [1.82, 2.24) is 25.9 Å². The molecule has 4 N–H and O–H groups in total. The molecular formula is C29H32F3N9. The number of fused-ring (bicyclic) bond motifs is 1. The van der Waals surface area contributed by atoms with Crippen LogP contribution >= 0.6 is 0 Å². The number of pyridine rings is 2. The molecule has 41 heavy (non-hydrogen) atoms. The van der Waals surface area contributed by atoms with E-state index in [2.05, 4.69) is 64.5 Å². The van der Waals surface area contributed by atoms with E-state index in [0.29, 0.717) is 51.3 Å². The van der Waals surface area contributed by atoms with Gasteiger partial charge in [-0.3, -0.25) is 9.99 Å². The monoisotopic (exact) mass is 563 g/mol. The average Bonchev–Trinajstić information content (AvgIpc) is 3.37. The van der Waals surface area contributed by atoms with Crippen LogP contribution in [0.15, 0.2) is 42.4 Å². The Morgan fingerprint density at radius 2 is 1.85 bits per heavy atom. The summed E-state index contributed by atoms with van der Waals surface area (Å²) in [4.78, 5) is 8.33. The highest BCUT2D eigenvalue weighted by Crippen LogP contribution is 2.35. The zero-order chi connectivity index (χ0) is 29.9. The third kappa shape index (κ3) is 6.79. The van der Waals surface area contributed by atoms with Gasteiger partial charge >= 0.3 is 0 Å². The van der Waals surface area contributed by atoms with Crippen molar-refractivity contribution >= 4 is 22.3 Å². The van der Waals surface area contributed by atoms with E-state index in [1.54, 1.807) is 25.1 Å². The maximum Gasteiger partial charge on any atom is 0.266 e. The number of hydrogen-bond acceptors (Lipinski definition) is 9. The zero-order valence-electron chi connectivity index (χ0n) is 23.5. The van der Waals surface area contributed by atoms with Gasteiger partial charge in [0.1, 0.15) is 12.1 Å². The van der Waals surface area contributed by atoms with Gasteiger partial charge in [0.15, 0.2) is 0 Å². The van der Waals surface area contributed by atoms with Crippen LogP contribution in [0.3, 0.4) is 0 Å². The number of aryl methyl sites for hydroxylation is 1. The number of hydrazine groups is 2. The quantitative estimate of drug-likeness (QED) is 0.245. The van der Waals surface area contributed by atoms with Crippen LogP contribution in [0.25, 0.3) is 10.9 Å². The topological polar surface area (TPSA) is 125 Å². The van der Waals surface area contributed by atoms with E-state index in [9.17, 15) is 23.7 Å². The van der Waals surface area contributed by atoms with Gasteiger partial charge in [-0.15, -0.1) is 5.53 Å². The molecule has 12 heteroatoms. The normalized spacial score (nSPS) is 14.2. The predicted octanol–water partition coefficient (Wildman–Crippen LogP) is 5.64. The number of alkyl halides is 2.